The van der Waals surface area contributed by atoms with Gasteiger partial charge in [-0.1, -0.05) is 67.2 Å². The van der Waals surface area contributed by atoms with Crippen molar-refractivity contribution in [1.29, 1.82) is 0 Å². The van der Waals surface area contributed by atoms with Gasteiger partial charge in [0.2, 0.25) is 0 Å². The fourth-order valence-corrected chi connectivity index (χ4v) is 8.66. The molecule has 7 unspecified atom stereocenters. The van der Waals surface area contributed by atoms with Crippen LogP contribution in [-0.4, -0.2) is 69.8 Å². The number of allylic oxidation sites excluding steroid dienone is 5. The summed E-state index contributed by atoms with van der Waals surface area (Å²) in [4.78, 5) is 26.1. The highest BCUT2D eigenvalue weighted by Gasteiger charge is 2.64. The molecule has 7 atom stereocenters. The van der Waals surface area contributed by atoms with E-state index in [1.165, 1.54) is 5.57 Å². The van der Waals surface area contributed by atoms with Crippen LogP contribution >= 0.6 is 0 Å². The molecule has 4 rings (SSSR count). The van der Waals surface area contributed by atoms with Crippen LogP contribution in [0.2, 0.25) is 0 Å². The highest BCUT2D eigenvalue weighted by atomic mass is 16.6. The molecular formula is C41H59N3O7. The number of Topliss-reactive ketones (excluding diaryl/α,β-unsaturated/α-hetero) is 1. The molecule has 0 aromatic heterocycles. The van der Waals surface area contributed by atoms with Crippen LogP contribution in [0, 0.1) is 17.3 Å². The summed E-state index contributed by atoms with van der Waals surface area (Å²) in [5, 5.41) is 50.9. The Morgan fingerprint density at radius 2 is 1.98 bits per heavy atom. The van der Waals surface area contributed by atoms with Gasteiger partial charge in [-0.05, 0) is 102 Å². The molecule has 1 heterocycles. The molecular weight excluding hydrogens is 646 g/mol. The first-order valence-corrected chi connectivity index (χ1v) is 18.4. The number of benzene rings is 1. The number of hydrogen-bond donors (Lipinski definition) is 7. The van der Waals surface area contributed by atoms with E-state index in [-0.39, 0.29) is 37.4 Å². The molecule has 3 aliphatic rings. The lowest BCUT2D eigenvalue weighted by molar-refractivity contribution is -0.167. The number of aliphatic hydroxyl groups is 4. The van der Waals surface area contributed by atoms with Crippen molar-refractivity contribution in [2.24, 2.45) is 23.0 Å². The van der Waals surface area contributed by atoms with Crippen molar-refractivity contribution < 1.29 is 34.8 Å². The average Bonchev–Trinajstić information content (AvgIpc) is 3.43. The Balaban J connectivity index is 1.65. The summed E-state index contributed by atoms with van der Waals surface area (Å²) in [7, 11) is 0. The molecule has 2 aliphatic carbocycles. The molecule has 1 spiro atoms. The number of ketones is 1. The van der Waals surface area contributed by atoms with E-state index in [0.717, 1.165) is 24.1 Å². The Kier molecular flexibility index (Phi) is 13.8. The van der Waals surface area contributed by atoms with E-state index in [9.17, 15) is 30.0 Å². The lowest BCUT2D eigenvalue weighted by Gasteiger charge is -2.55. The molecule has 10 heteroatoms. The van der Waals surface area contributed by atoms with Gasteiger partial charge in [0.25, 0.3) is 0 Å². The smallest absolute Gasteiger partial charge is 0.410 e. The fraction of sp³-hybridized carbons (Fsp3) is 0.561. The average molecular weight is 706 g/mol. The first-order chi connectivity index (χ1) is 24.2. The third kappa shape index (κ3) is 8.64. The van der Waals surface area contributed by atoms with Crippen molar-refractivity contribution in [3.63, 3.8) is 0 Å². The second-order valence-electron chi connectivity index (χ2n) is 14.9. The molecule has 1 aromatic rings. The SMILES string of the molecule is C=C(C=CC=C(CO)C1CCC2(C(CCCO)C(=C(C)C(=O)Cc3cccc4c3OC(=O)NC4N)CCC2(C)O)C1O)C(CC=C(C)C)NCC. The molecule has 1 aromatic carbocycles. The topological polar surface area (TPSA) is 174 Å². The van der Waals surface area contributed by atoms with Crippen molar-refractivity contribution in [2.45, 2.75) is 110 Å². The minimum absolute atomic E-state index is 0.0161. The van der Waals surface area contributed by atoms with Crippen molar-refractivity contribution >= 4 is 11.9 Å². The van der Waals surface area contributed by atoms with Crippen LogP contribution < -0.4 is 21.1 Å². The second-order valence-corrected chi connectivity index (χ2v) is 14.9. The minimum atomic E-state index is -1.27. The number of rotatable bonds is 15. The van der Waals surface area contributed by atoms with Crippen LogP contribution in [-0.2, 0) is 11.2 Å². The molecule has 0 radical (unpaired) electrons. The highest BCUT2D eigenvalue weighted by Crippen LogP contribution is 2.63. The maximum atomic E-state index is 14.0. The van der Waals surface area contributed by atoms with E-state index < -0.39 is 35.3 Å². The number of ether oxygens (including phenoxy) is 1. The van der Waals surface area contributed by atoms with E-state index in [0.29, 0.717) is 66.5 Å². The summed E-state index contributed by atoms with van der Waals surface area (Å²) in [5.41, 5.74) is 9.21. The van der Waals surface area contributed by atoms with Crippen LogP contribution in [0.25, 0.3) is 0 Å². The zero-order valence-corrected chi connectivity index (χ0v) is 31.0. The van der Waals surface area contributed by atoms with Gasteiger partial charge >= 0.3 is 6.09 Å². The molecule has 51 heavy (non-hydrogen) atoms. The molecule has 10 nitrogen and oxygen atoms in total. The quantitative estimate of drug-likeness (QED) is 0.0733. The molecule has 2 saturated carbocycles. The molecule has 280 valence electrons. The maximum absolute atomic E-state index is 14.0. The zero-order valence-electron chi connectivity index (χ0n) is 31.0. The van der Waals surface area contributed by atoms with Crippen LogP contribution in [0.5, 0.6) is 5.75 Å². The van der Waals surface area contributed by atoms with Crippen molar-refractivity contribution in [3.05, 3.63) is 88.1 Å². The predicted octanol–water partition coefficient (Wildman–Crippen LogP) is 5.23. The van der Waals surface area contributed by atoms with E-state index in [1.54, 1.807) is 32.0 Å². The van der Waals surface area contributed by atoms with Gasteiger partial charge in [-0.25, -0.2) is 4.79 Å². The Bertz CT molecular complexity index is 1570. The number of fused-ring (bicyclic) bond motifs is 1. The number of carbonyl (C=O) groups excluding carboxylic acids is 2. The van der Waals surface area contributed by atoms with Gasteiger partial charge in [0.15, 0.2) is 5.78 Å². The standard InChI is InChI=1S/C41H59N3O7/c1-7-43-34(17-16-25(2)3)26(4)11-8-13-29(24-46)31-19-21-41(37(31)48)33(15-10-22-45)30(18-20-40(41,6)50)27(5)35(47)23-28-12-9-14-32-36(28)51-39(49)44-38(32)42/h8-9,11-14,16,31,33-34,37-38,43,45-46,48,50H,4,7,10,15,17-24,42H2,1-3,5-6H3,(H,44,49). The number of likely N-dealkylation sites (N-methyl/N-ethyl adjacent to an activating group) is 1. The Hall–Kier alpha value is -3.38. The van der Waals surface area contributed by atoms with E-state index >= 15 is 0 Å². The third-order valence-corrected chi connectivity index (χ3v) is 11.5. The van der Waals surface area contributed by atoms with Crippen molar-refractivity contribution in [2.75, 3.05) is 19.8 Å². The summed E-state index contributed by atoms with van der Waals surface area (Å²) in [6, 6.07) is 5.35. The van der Waals surface area contributed by atoms with E-state index in [4.69, 9.17) is 10.5 Å². The predicted molar refractivity (Wildman–Crippen MR) is 200 cm³/mol. The number of nitrogens with one attached hydrogen (secondary N) is 2. The highest BCUT2D eigenvalue weighted by molar-refractivity contribution is 5.97. The van der Waals surface area contributed by atoms with Crippen LogP contribution in [0.3, 0.4) is 0 Å². The maximum Gasteiger partial charge on any atom is 0.414 e. The summed E-state index contributed by atoms with van der Waals surface area (Å²) >= 11 is 0. The molecule has 0 bridgehead atoms. The molecule has 2 fully saturated rings. The van der Waals surface area contributed by atoms with Gasteiger partial charge in [-0.15, -0.1) is 0 Å². The van der Waals surface area contributed by atoms with Crippen LogP contribution in [0.1, 0.15) is 96.9 Å². The molecule has 1 amide bonds. The molecule has 1 aliphatic heterocycles. The van der Waals surface area contributed by atoms with Gasteiger partial charge in [-0.3, -0.25) is 4.79 Å². The Morgan fingerprint density at radius 1 is 1.24 bits per heavy atom. The van der Waals surface area contributed by atoms with Gasteiger partial charge in [0, 0.05) is 41.5 Å². The van der Waals surface area contributed by atoms with Gasteiger partial charge in [0.05, 0.1) is 18.3 Å². The molecule has 8 N–H and O–H groups in total. The van der Waals surface area contributed by atoms with Gasteiger partial charge in [0.1, 0.15) is 11.9 Å². The number of hydrogen-bond acceptors (Lipinski definition) is 9. The van der Waals surface area contributed by atoms with Gasteiger partial charge in [-0.2, -0.15) is 0 Å². The van der Waals surface area contributed by atoms with E-state index in [2.05, 4.69) is 44.1 Å². The second kappa shape index (κ2) is 17.4. The molecule has 0 saturated heterocycles. The Morgan fingerprint density at radius 3 is 2.65 bits per heavy atom. The third-order valence-electron chi connectivity index (χ3n) is 11.5. The van der Waals surface area contributed by atoms with Crippen molar-refractivity contribution in [3.8, 4) is 5.75 Å². The first kappa shape index (κ1) is 40.4. The number of aliphatic hydroxyl groups excluding tert-OH is 3. The largest absolute Gasteiger partial charge is 0.414 e. The van der Waals surface area contributed by atoms with E-state index in [1.807, 2.05) is 18.2 Å². The Labute approximate surface area is 303 Å². The summed E-state index contributed by atoms with van der Waals surface area (Å²) in [5.74, 6) is -0.661. The summed E-state index contributed by atoms with van der Waals surface area (Å²) < 4.78 is 5.45. The lowest BCUT2D eigenvalue weighted by atomic mass is 9.52. The number of carbonyl (C=O) groups is 2. The number of para-hydroxylation sites is 1. The first-order valence-electron chi connectivity index (χ1n) is 18.4. The summed E-state index contributed by atoms with van der Waals surface area (Å²) in [6.07, 6.45) is 8.96. The van der Waals surface area contributed by atoms with Crippen LogP contribution in [0.4, 0.5) is 4.79 Å². The monoisotopic (exact) mass is 705 g/mol. The van der Waals surface area contributed by atoms with Gasteiger partial charge < -0.3 is 41.5 Å². The normalized spacial score (nSPS) is 29.4. The fourth-order valence-electron chi connectivity index (χ4n) is 8.66. The van der Waals surface area contributed by atoms with Crippen molar-refractivity contribution in [1.82, 2.24) is 10.6 Å². The lowest BCUT2D eigenvalue weighted by Crippen LogP contribution is -2.59. The summed E-state index contributed by atoms with van der Waals surface area (Å²) in [6.45, 7) is 14.5. The number of nitrogens with two attached hydrogens (primary N) is 1. The minimum Gasteiger partial charge on any atom is -0.410 e. The zero-order chi connectivity index (χ0) is 37.5. The van der Waals surface area contributed by atoms with Crippen LogP contribution in [0.15, 0.2) is 76.9 Å². The number of amides is 1.